The number of hydrogen-bond donors (Lipinski definition) is 3. The van der Waals surface area contributed by atoms with Crippen molar-refractivity contribution in [1.82, 2.24) is 25.2 Å². The van der Waals surface area contributed by atoms with Gasteiger partial charge < -0.3 is 20.9 Å². The Labute approximate surface area is 224 Å². The number of amides is 1. The Morgan fingerprint density at radius 2 is 1.89 bits per heavy atom. The van der Waals surface area contributed by atoms with Gasteiger partial charge in [0.25, 0.3) is 5.91 Å². The quantitative estimate of drug-likeness (QED) is 0.390. The van der Waals surface area contributed by atoms with Crippen molar-refractivity contribution in [2.24, 2.45) is 4.36 Å². The molecular formula is C27H36N8O2S. The van der Waals surface area contributed by atoms with Crippen molar-refractivity contribution in [1.29, 1.82) is 0 Å². The molecule has 0 saturated heterocycles. The first-order valence-corrected chi connectivity index (χ1v) is 14.9. The second kappa shape index (κ2) is 11.4. The summed E-state index contributed by atoms with van der Waals surface area (Å²) in [5, 5.41) is 9.29. The average Bonchev–Trinajstić information content (AvgIpc) is 2.82. The summed E-state index contributed by atoms with van der Waals surface area (Å²) in [4.78, 5) is 28.6. The number of rotatable bonds is 8. The summed E-state index contributed by atoms with van der Waals surface area (Å²) >= 11 is 0. The van der Waals surface area contributed by atoms with Gasteiger partial charge in [-0.2, -0.15) is 9.35 Å². The highest BCUT2D eigenvalue weighted by molar-refractivity contribution is 7.92. The molecule has 1 unspecified atom stereocenters. The van der Waals surface area contributed by atoms with Crippen molar-refractivity contribution < 1.29 is 9.00 Å². The number of aromatic nitrogens is 3. The molecule has 3 aromatic rings. The lowest BCUT2D eigenvalue weighted by Crippen LogP contribution is -2.33. The SMILES string of the molecule is CC(C)NC(=O)c1cnc(Nc2ccc3c(c2)CCC(N(C)C)C3)nc1Nc1cccc(N=S(C)(C)=O)n1. The van der Waals surface area contributed by atoms with Crippen molar-refractivity contribution >= 4 is 44.7 Å². The van der Waals surface area contributed by atoms with E-state index in [2.05, 4.69) is 66.4 Å². The number of nitrogens with one attached hydrogen (secondary N) is 3. The molecule has 0 spiro atoms. The van der Waals surface area contributed by atoms with Gasteiger partial charge in [0.15, 0.2) is 5.82 Å². The predicted octanol–water partition coefficient (Wildman–Crippen LogP) is 4.28. The van der Waals surface area contributed by atoms with E-state index in [9.17, 15) is 9.00 Å². The molecule has 0 bridgehead atoms. The van der Waals surface area contributed by atoms with Crippen LogP contribution in [0, 0.1) is 0 Å². The Bertz CT molecular complexity index is 1440. The van der Waals surface area contributed by atoms with E-state index in [1.807, 2.05) is 19.9 Å². The fourth-order valence-corrected chi connectivity index (χ4v) is 4.87. The molecular weight excluding hydrogens is 500 g/mol. The number of aryl methyl sites for hydroxylation is 1. The van der Waals surface area contributed by atoms with Gasteiger partial charge in [-0.3, -0.25) is 4.79 Å². The molecule has 0 aliphatic heterocycles. The summed E-state index contributed by atoms with van der Waals surface area (Å²) in [5.41, 5.74) is 3.86. The molecule has 1 aliphatic rings. The zero-order valence-corrected chi connectivity index (χ0v) is 23.6. The summed E-state index contributed by atoms with van der Waals surface area (Å²) in [7, 11) is 1.89. The molecule has 2 aromatic heterocycles. The first-order valence-electron chi connectivity index (χ1n) is 12.6. The molecule has 1 aromatic carbocycles. The van der Waals surface area contributed by atoms with E-state index < -0.39 is 9.73 Å². The third kappa shape index (κ3) is 7.26. The molecule has 0 fully saturated rings. The first-order chi connectivity index (χ1) is 18.0. The van der Waals surface area contributed by atoms with E-state index in [1.54, 1.807) is 30.7 Å². The van der Waals surface area contributed by atoms with Crippen LogP contribution >= 0.6 is 0 Å². The van der Waals surface area contributed by atoms with Crippen molar-refractivity contribution in [2.75, 3.05) is 37.2 Å². The van der Waals surface area contributed by atoms with Gasteiger partial charge in [-0.1, -0.05) is 12.1 Å². The lowest BCUT2D eigenvalue weighted by Gasteiger charge is -2.30. The fraction of sp³-hybridized carbons (Fsp3) is 0.407. The number of hydrogen-bond acceptors (Lipinski definition) is 9. The Hall–Kier alpha value is -3.57. The molecule has 4 rings (SSSR count). The lowest BCUT2D eigenvalue weighted by molar-refractivity contribution is 0.0943. The minimum Gasteiger partial charge on any atom is -0.350 e. The standard InChI is InChI=1S/C27H36N8O2S/c1-17(2)29-26(36)22-16-28-27(30-20-12-10-19-15-21(35(3)4)13-11-18(19)14-20)33-25(22)32-23-8-7-9-24(31-23)34-38(5,6)37/h7-10,12,14,16-17,21H,11,13,15H2,1-6H3,(H,29,36)(H2,28,30,31,32,33). The number of carbonyl (C=O) groups is 1. The smallest absolute Gasteiger partial charge is 0.256 e. The molecule has 1 aliphatic carbocycles. The highest BCUT2D eigenvalue weighted by Crippen LogP contribution is 2.28. The third-order valence-electron chi connectivity index (χ3n) is 6.14. The number of carbonyl (C=O) groups excluding carboxylic acids is 1. The summed E-state index contributed by atoms with van der Waals surface area (Å²) in [6.07, 6.45) is 7.77. The van der Waals surface area contributed by atoms with E-state index in [-0.39, 0.29) is 17.5 Å². The topological polar surface area (TPSA) is 125 Å². The van der Waals surface area contributed by atoms with Crippen LogP contribution in [-0.4, -0.2) is 68.7 Å². The van der Waals surface area contributed by atoms with Gasteiger partial charge in [0.05, 0.1) is 0 Å². The van der Waals surface area contributed by atoms with Crippen LogP contribution in [0.4, 0.5) is 29.1 Å². The maximum absolute atomic E-state index is 12.9. The van der Waals surface area contributed by atoms with Crippen LogP contribution in [0.5, 0.6) is 0 Å². The van der Waals surface area contributed by atoms with Crippen LogP contribution in [0.1, 0.15) is 41.8 Å². The maximum Gasteiger partial charge on any atom is 0.256 e. The second-order valence-electron chi connectivity index (χ2n) is 10.3. The van der Waals surface area contributed by atoms with E-state index >= 15 is 0 Å². The summed E-state index contributed by atoms with van der Waals surface area (Å²) in [5.74, 6) is 1.09. The van der Waals surface area contributed by atoms with E-state index in [1.165, 1.54) is 17.3 Å². The molecule has 202 valence electrons. The van der Waals surface area contributed by atoms with Crippen LogP contribution in [0.25, 0.3) is 0 Å². The van der Waals surface area contributed by atoms with Crippen LogP contribution in [0.2, 0.25) is 0 Å². The van der Waals surface area contributed by atoms with Crippen LogP contribution in [-0.2, 0) is 22.6 Å². The zero-order chi connectivity index (χ0) is 27.4. The molecule has 11 heteroatoms. The molecule has 38 heavy (non-hydrogen) atoms. The van der Waals surface area contributed by atoms with Gasteiger partial charge in [-0.05, 0) is 82.6 Å². The maximum atomic E-state index is 12.9. The number of fused-ring (bicyclic) bond motifs is 1. The third-order valence-corrected chi connectivity index (χ3v) is 6.77. The predicted molar refractivity (Wildman–Crippen MR) is 153 cm³/mol. The van der Waals surface area contributed by atoms with Gasteiger partial charge in [-0.25, -0.2) is 14.2 Å². The fourth-order valence-electron chi connectivity index (χ4n) is 4.32. The van der Waals surface area contributed by atoms with Gasteiger partial charge in [0.2, 0.25) is 5.95 Å². The Kier molecular flexibility index (Phi) is 8.27. The van der Waals surface area contributed by atoms with Crippen LogP contribution in [0.15, 0.2) is 47.0 Å². The van der Waals surface area contributed by atoms with Gasteiger partial charge in [0, 0.05) is 46.2 Å². The molecule has 1 atom stereocenters. The van der Waals surface area contributed by atoms with Crippen molar-refractivity contribution in [3.05, 3.63) is 59.3 Å². The Morgan fingerprint density at radius 1 is 1.11 bits per heavy atom. The van der Waals surface area contributed by atoms with Crippen LogP contribution in [0.3, 0.4) is 0 Å². The lowest BCUT2D eigenvalue weighted by atomic mass is 9.87. The molecule has 3 N–H and O–H groups in total. The second-order valence-corrected chi connectivity index (χ2v) is 12.9. The van der Waals surface area contributed by atoms with E-state index in [0.29, 0.717) is 29.4 Å². The number of nitrogens with zero attached hydrogens (tertiary/aromatic N) is 5. The Morgan fingerprint density at radius 3 is 2.61 bits per heavy atom. The van der Waals surface area contributed by atoms with Crippen LogP contribution < -0.4 is 16.0 Å². The summed E-state index contributed by atoms with van der Waals surface area (Å²) in [6.45, 7) is 3.77. The minimum absolute atomic E-state index is 0.0572. The van der Waals surface area contributed by atoms with Gasteiger partial charge in [-0.15, -0.1) is 0 Å². The largest absolute Gasteiger partial charge is 0.350 e. The minimum atomic E-state index is -2.37. The van der Waals surface area contributed by atoms with Gasteiger partial charge >= 0.3 is 0 Å². The zero-order valence-electron chi connectivity index (χ0n) is 22.8. The first kappa shape index (κ1) is 27.5. The Balaban J connectivity index is 1.62. The molecule has 0 radical (unpaired) electrons. The highest BCUT2D eigenvalue weighted by Gasteiger charge is 2.21. The van der Waals surface area contributed by atoms with E-state index in [4.69, 9.17) is 0 Å². The molecule has 1 amide bonds. The number of benzene rings is 1. The van der Waals surface area contributed by atoms with Crippen molar-refractivity contribution in [3.63, 3.8) is 0 Å². The average molecular weight is 537 g/mol. The van der Waals surface area contributed by atoms with Crippen molar-refractivity contribution in [3.8, 4) is 0 Å². The normalized spacial score (nSPS) is 15.2. The van der Waals surface area contributed by atoms with Gasteiger partial charge in [0.1, 0.15) is 17.2 Å². The monoisotopic (exact) mass is 536 g/mol. The highest BCUT2D eigenvalue weighted by atomic mass is 32.2. The molecule has 2 heterocycles. The van der Waals surface area contributed by atoms with Crippen molar-refractivity contribution in [2.45, 2.75) is 45.2 Å². The van der Waals surface area contributed by atoms with E-state index in [0.717, 1.165) is 24.9 Å². The summed E-state index contributed by atoms with van der Waals surface area (Å²) in [6, 6.07) is 12.0. The molecule has 0 saturated carbocycles. The number of pyridine rings is 1. The number of likely N-dealkylation sites (N-methyl/N-ethyl adjacent to an activating group) is 1. The molecule has 10 nitrogen and oxygen atoms in total. The summed E-state index contributed by atoms with van der Waals surface area (Å²) < 4.78 is 16.3. The number of anilines is 4.